The number of hydrogen-bond donors (Lipinski definition) is 1. The van der Waals surface area contributed by atoms with Crippen LogP contribution in [0.25, 0.3) is 11.7 Å². The molecule has 1 N–H and O–H groups in total. The minimum Gasteiger partial charge on any atom is -0.459 e. The van der Waals surface area contributed by atoms with Crippen molar-refractivity contribution in [1.82, 2.24) is 10.2 Å². The maximum Gasteiger partial charge on any atom is 0.387 e. The number of carbonyl (C=O) groups is 1. The molecule has 0 fully saturated rings. The van der Waals surface area contributed by atoms with E-state index in [-0.39, 0.29) is 22.6 Å². The van der Waals surface area contributed by atoms with Gasteiger partial charge in [-0.25, -0.2) is 0 Å². The van der Waals surface area contributed by atoms with Crippen LogP contribution in [0.4, 0.5) is 14.5 Å². The van der Waals surface area contributed by atoms with Crippen LogP contribution in [0.3, 0.4) is 0 Å². The van der Waals surface area contributed by atoms with E-state index in [4.69, 9.17) is 8.83 Å². The summed E-state index contributed by atoms with van der Waals surface area (Å²) in [6.45, 7) is -1.37. The first kappa shape index (κ1) is 17.9. The molecular weight excluding hydrogens is 368 g/mol. The minimum absolute atomic E-state index is 0.119. The average molecular weight is 381 g/mol. The first-order valence-corrected chi connectivity index (χ1v) is 8.29. The Morgan fingerprint density at radius 3 is 2.77 bits per heavy atom. The summed E-state index contributed by atoms with van der Waals surface area (Å²) < 4.78 is 39.8. The predicted octanol–water partition coefficient (Wildman–Crippen LogP) is 4.05. The standard InChI is InChI=1S/C16H13F2N3O4S/c1-9(26-16-21-20-14(25-16)12-7-4-8-23-12)13(22)19-10-5-2-3-6-11(10)24-15(17)18/h2-9,15H,1H3,(H,19,22)/t9-/m0/s1. The average Bonchev–Trinajstić information content (AvgIpc) is 3.27. The van der Waals surface area contributed by atoms with E-state index in [0.29, 0.717) is 5.76 Å². The zero-order chi connectivity index (χ0) is 18.5. The van der Waals surface area contributed by atoms with Gasteiger partial charge in [0.1, 0.15) is 5.75 Å². The Morgan fingerprint density at radius 2 is 2.04 bits per heavy atom. The van der Waals surface area contributed by atoms with Crippen molar-refractivity contribution in [3.63, 3.8) is 0 Å². The van der Waals surface area contributed by atoms with Gasteiger partial charge < -0.3 is 18.9 Å². The predicted molar refractivity (Wildman–Crippen MR) is 89.0 cm³/mol. The maximum atomic E-state index is 12.4. The van der Waals surface area contributed by atoms with E-state index in [2.05, 4.69) is 20.3 Å². The third kappa shape index (κ3) is 4.39. The van der Waals surface area contributed by atoms with Gasteiger partial charge in [0.05, 0.1) is 17.2 Å². The Bertz CT molecular complexity index is 870. The molecule has 0 aliphatic rings. The lowest BCUT2D eigenvalue weighted by atomic mass is 10.3. The molecule has 1 amide bonds. The van der Waals surface area contributed by atoms with Gasteiger partial charge in [-0.2, -0.15) is 8.78 Å². The summed E-state index contributed by atoms with van der Waals surface area (Å²) in [6, 6.07) is 9.28. The van der Waals surface area contributed by atoms with Gasteiger partial charge in [0.25, 0.3) is 11.1 Å². The number of para-hydroxylation sites is 2. The van der Waals surface area contributed by atoms with Gasteiger partial charge in [0.2, 0.25) is 5.91 Å². The van der Waals surface area contributed by atoms with Crippen molar-refractivity contribution in [2.45, 2.75) is 24.0 Å². The fourth-order valence-corrected chi connectivity index (χ4v) is 2.65. The number of rotatable bonds is 7. The van der Waals surface area contributed by atoms with Crippen LogP contribution < -0.4 is 10.1 Å². The van der Waals surface area contributed by atoms with Crippen molar-refractivity contribution >= 4 is 23.4 Å². The second-order valence-corrected chi connectivity index (χ2v) is 6.27. The number of benzene rings is 1. The zero-order valence-corrected chi connectivity index (χ0v) is 14.2. The van der Waals surface area contributed by atoms with Crippen molar-refractivity contribution < 1.29 is 27.1 Å². The maximum absolute atomic E-state index is 12.4. The second kappa shape index (κ2) is 8.00. The Balaban J connectivity index is 1.64. The number of nitrogens with zero attached hydrogens (tertiary/aromatic N) is 2. The zero-order valence-electron chi connectivity index (χ0n) is 13.4. The topological polar surface area (TPSA) is 90.4 Å². The van der Waals surface area contributed by atoms with Crippen LogP contribution >= 0.6 is 11.8 Å². The first-order chi connectivity index (χ1) is 12.5. The normalized spacial score (nSPS) is 12.2. The summed E-state index contributed by atoms with van der Waals surface area (Å²) in [5.74, 6) is 0.0596. The Kier molecular flexibility index (Phi) is 5.52. The van der Waals surface area contributed by atoms with Gasteiger partial charge in [-0.3, -0.25) is 4.79 Å². The lowest BCUT2D eigenvalue weighted by Crippen LogP contribution is -2.23. The fraction of sp³-hybridized carbons (Fsp3) is 0.188. The van der Waals surface area contributed by atoms with E-state index in [9.17, 15) is 13.6 Å². The van der Waals surface area contributed by atoms with E-state index < -0.39 is 17.8 Å². The van der Waals surface area contributed by atoms with Crippen molar-refractivity contribution in [3.05, 3.63) is 42.7 Å². The molecule has 0 spiro atoms. The molecule has 1 aromatic carbocycles. The molecule has 2 heterocycles. The van der Waals surface area contributed by atoms with E-state index in [1.165, 1.54) is 24.5 Å². The van der Waals surface area contributed by atoms with Gasteiger partial charge in [0.15, 0.2) is 5.76 Å². The number of nitrogens with one attached hydrogen (secondary N) is 1. The Hall–Kier alpha value is -2.88. The van der Waals surface area contributed by atoms with Gasteiger partial charge in [0, 0.05) is 0 Å². The first-order valence-electron chi connectivity index (χ1n) is 7.41. The van der Waals surface area contributed by atoms with Gasteiger partial charge in [-0.15, -0.1) is 10.2 Å². The number of anilines is 1. The molecule has 0 aliphatic heterocycles. The summed E-state index contributed by atoms with van der Waals surface area (Å²) >= 11 is 1.03. The van der Waals surface area contributed by atoms with E-state index >= 15 is 0 Å². The lowest BCUT2D eigenvalue weighted by Gasteiger charge is -2.13. The lowest BCUT2D eigenvalue weighted by molar-refractivity contribution is -0.115. The van der Waals surface area contributed by atoms with Crippen LogP contribution in [0.1, 0.15) is 6.92 Å². The molecule has 0 bridgehead atoms. The van der Waals surface area contributed by atoms with Crippen LogP contribution in [0.15, 0.2) is 56.7 Å². The largest absolute Gasteiger partial charge is 0.459 e. The van der Waals surface area contributed by atoms with Gasteiger partial charge >= 0.3 is 6.61 Å². The van der Waals surface area contributed by atoms with E-state index in [1.54, 1.807) is 25.1 Å². The highest BCUT2D eigenvalue weighted by atomic mass is 32.2. The number of ether oxygens (including phenoxy) is 1. The van der Waals surface area contributed by atoms with Crippen molar-refractivity contribution in [2.75, 3.05) is 5.32 Å². The van der Waals surface area contributed by atoms with Gasteiger partial charge in [-0.05, 0) is 31.2 Å². The molecule has 0 radical (unpaired) electrons. The summed E-state index contributed by atoms with van der Waals surface area (Å²) in [5, 5.41) is 9.77. The summed E-state index contributed by atoms with van der Waals surface area (Å²) in [5.41, 5.74) is 0.145. The molecule has 0 unspecified atom stereocenters. The fourth-order valence-electron chi connectivity index (χ4n) is 1.96. The van der Waals surface area contributed by atoms with E-state index in [1.807, 2.05) is 0 Å². The Labute approximate surface area is 150 Å². The van der Waals surface area contributed by atoms with Crippen LogP contribution in [0.5, 0.6) is 5.75 Å². The molecule has 1 atom stereocenters. The van der Waals surface area contributed by atoms with Crippen LogP contribution in [-0.4, -0.2) is 28.0 Å². The molecule has 10 heteroatoms. The quantitative estimate of drug-likeness (QED) is 0.618. The number of amides is 1. The molecule has 3 aromatic rings. The molecule has 26 heavy (non-hydrogen) atoms. The number of furan rings is 1. The second-order valence-electron chi connectivity index (χ2n) is 4.97. The third-order valence-electron chi connectivity index (χ3n) is 3.15. The highest BCUT2D eigenvalue weighted by Crippen LogP contribution is 2.29. The number of thioether (sulfide) groups is 1. The highest BCUT2D eigenvalue weighted by molar-refractivity contribution is 8.00. The number of aromatic nitrogens is 2. The monoisotopic (exact) mass is 381 g/mol. The van der Waals surface area contributed by atoms with E-state index in [0.717, 1.165) is 11.8 Å². The SMILES string of the molecule is C[C@H](Sc1nnc(-c2ccco2)o1)C(=O)Nc1ccccc1OC(F)F. The molecular formula is C16H13F2N3O4S. The molecule has 136 valence electrons. The Morgan fingerprint density at radius 1 is 1.23 bits per heavy atom. The smallest absolute Gasteiger partial charge is 0.387 e. The summed E-state index contributed by atoms with van der Waals surface area (Å²) in [7, 11) is 0. The molecule has 0 saturated heterocycles. The minimum atomic E-state index is -2.99. The molecule has 0 saturated carbocycles. The molecule has 0 aliphatic carbocycles. The third-order valence-corrected chi connectivity index (χ3v) is 4.08. The highest BCUT2D eigenvalue weighted by Gasteiger charge is 2.21. The molecule has 2 aromatic heterocycles. The van der Waals surface area contributed by atoms with Crippen LogP contribution in [0.2, 0.25) is 0 Å². The molecule has 7 nitrogen and oxygen atoms in total. The number of carbonyl (C=O) groups excluding carboxylic acids is 1. The van der Waals surface area contributed by atoms with Crippen molar-refractivity contribution in [2.24, 2.45) is 0 Å². The van der Waals surface area contributed by atoms with Crippen LogP contribution in [0, 0.1) is 0 Å². The summed E-state index contributed by atoms with van der Waals surface area (Å²) in [4.78, 5) is 12.3. The number of hydrogen-bond acceptors (Lipinski definition) is 7. The van der Waals surface area contributed by atoms with Crippen molar-refractivity contribution in [3.8, 4) is 17.4 Å². The van der Waals surface area contributed by atoms with Gasteiger partial charge in [-0.1, -0.05) is 23.9 Å². The number of alkyl halides is 2. The van der Waals surface area contributed by atoms with Crippen LogP contribution in [-0.2, 0) is 4.79 Å². The van der Waals surface area contributed by atoms with Crippen molar-refractivity contribution in [1.29, 1.82) is 0 Å². The number of halogens is 2. The molecule has 3 rings (SSSR count). The summed E-state index contributed by atoms with van der Waals surface area (Å²) in [6.07, 6.45) is 1.47.